The minimum absolute atomic E-state index is 0.0556. The predicted octanol–water partition coefficient (Wildman–Crippen LogP) is 2.98. The summed E-state index contributed by atoms with van der Waals surface area (Å²) in [6.45, 7) is 0. The fourth-order valence-electron chi connectivity index (χ4n) is 0.918. The van der Waals surface area contributed by atoms with E-state index >= 15 is 0 Å². The van der Waals surface area contributed by atoms with Gasteiger partial charge >= 0.3 is 0 Å². The largest absolute Gasteiger partial charge is 0.152 e. The molecule has 0 radical (unpaired) electrons. The Bertz CT molecular complexity index is 199. The first-order valence-corrected chi connectivity index (χ1v) is 4.35. The normalized spacial score (nSPS) is 21.9. The molecule has 0 bridgehead atoms. The molecule has 1 aromatic rings. The van der Waals surface area contributed by atoms with Crippen molar-refractivity contribution < 1.29 is 0 Å². The van der Waals surface area contributed by atoms with Crippen molar-refractivity contribution in [2.75, 3.05) is 0 Å². The summed E-state index contributed by atoms with van der Waals surface area (Å²) in [4.78, 5) is 0.0556. The molecule has 1 heterocycles. The molecule has 9 heavy (non-hydrogen) atoms. The molecule has 1 aromatic heterocycles. The van der Waals surface area contributed by atoms with Crippen LogP contribution in [-0.4, -0.2) is 0 Å². The van der Waals surface area contributed by atoms with Crippen LogP contribution in [0.3, 0.4) is 0 Å². The fraction of sp³-hybridized carbons (Fsp3) is 0.429. The Kier molecular flexibility index (Phi) is 1.11. The van der Waals surface area contributed by atoms with E-state index in [1.54, 1.807) is 11.3 Å². The smallest absolute Gasteiger partial charge is 0.0704 e. The first-order valence-electron chi connectivity index (χ1n) is 3.03. The molecule has 2 heteroatoms. The van der Waals surface area contributed by atoms with E-state index in [4.69, 9.17) is 11.6 Å². The molecule has 48 valence electrons. The van der Waals surface area contributed by atoms with E-state index in [1.807, 2.05) is 0 Å². The second kappa shape index (κ2) is 1.74. The van der Waals surface area contributed by atoms with Crippen LogP contribution >= 0.6 is 22.9 Å². The second-order valence-corrected chi connectivity index (χ2v) is 3.98. The fourth-order valence-corrected chi connectivity index (χ4v) is 1.95. The van der Waals surface area contributed by atoms with Crippen molar-refractivity contribution in [1.82, 2.24) is 0 Å². The number of rotatable bonds is 1. The summed E-state index contributed by atoms with van der Waals surface area (Å²) >= 11 is 7.84. The summed E-state index contributed by atoms with van der Waals surface area (Å²) in [5.74, 6) is 0. The van der Waals surface area contributed by atoms with Gasteiger partial charge in [-0.05, 0) is 35.2 Å². The van der Waals surface area contributed by atoms with E-state index in [1.165, 1.54) is 5.56 Å². The monoisotopic (exact) mass is 158 g/mol. The molecule has 1 fully saturated rings. The van der Waals surface area contributed by atoms with Crippen LogP contribution in [0.1, 0.15) is 18.4 Å². The highest BCUT2D eigenvalue weighted by Crippen LogP contribution is 2.52. The number of hydrogen-bond donors (Lipinski definition) is 0. The van der Waals surface area contributed by atoms with E-state index in [0.717, 1.165) is 12.8 Å². The van der Waals surface area contributed by atoms with Crippen molar-refractivity contribution >= 4 is 22.9 Å². The predicted molar refractivity (Wildman–Crippen MR) is 41.1 cm³/mol. The Labute approximate surface area is 63.5 Å². The van der Waals surface area contributed by atoms with Crippen molar-refractivity contribution in [3.63, 3.8) is 0 Å². The molecule has 1 saturated carbocycles. The zero-order valence-electron chi connectivity index (χ0n) is 4.93. The van der Waals surface area contributed by atoms with Crippen LogP contribution in [-0.2, 0) is 4.87 Å². The maximum atomic E-state index is 6.12. The molecule has 1 aliphatic carbocycles. The molecule has 0 N–H and O–H groups in total. The molecule has 0 spiro atoms. The second-order valence-electron chi connectivity index (χ2n) is 2.48. The first-order chi connectivity index (χ1) is 4.31. The van der Waals surface area contributed by atoms with Crippen molar-refractivity contribution in [3.05, 3.63) is 22.4 Å². The van der Waals surface area contributed by atoms with Gasteiger partial charge in [0.2, 0.25) is 0 Å². The molecule has 0 saturated heterocycles. The first kappa shape index (κ1) is 5.75. The molecule has 0 aromatic carbocycles. The van der Waals surface area contributed by atoms with E-state index in [2.05, 4.69) is 16.8 Å². The number of halogens is 1. The molecule has 0 aliphatic heterocycles. The van der Waals surface area contributed by atoms with Gasteiger partial charge in [0.05, 0.1) is 4.87 Å². The van der Waals surface area contributed by atoms with Crippen LogP contribution in [0.15, 0.2) is 16.8 Å². The van der Waals surface area contributed by atoms with Crippen molar-refractivity contribution in [2.24, 2.45) is 0 Å². The topological polar surface area (TPSA) is 0 Å². The lowest BCUT2D eigenvalue weighted by molar-refractivity contribution is 1.03. The Morgan fingerprint density at radius 2 is 2.33 bits per heavy atom. The van der Waals surface area contributed by atoms with Gasteiger partial charge in [-0.15, -0.1) is 11.6 Å². The quantitative estimate of drug-likeness (QED) is 0.552. The van der Waals surface area contributed by atoms with Gasteiger partial charge in [0, 0.05) is 0 Å². The number of hydrogen-bond acceptors (Lipinski definition) is 1. The summed E-state index contributed by atoms with van der Waals surface area (Å²) in [6.07, 6.45) is 2.32. The Morgan fingerprint density at radius 1 is 1.56 bits per heavy atom. The summed E-state index contributed by atoms with van der Waals surface area (Å²) in [5.41, 5.74) is 1.31. The third-order valence-electron chi connectivity index (χ3n) is 1.73. The Morgan fingerprint density at radius 3 is 2.78 bits per heavy atom. The van der Waals surface area contributed by atoms with Gasteiger partial charge in [-0.25, -0.2) is 0 Å². The maximum absolute atomic E-state index is 6.12. The van der Waals surface area contributed by atoms with Gasteiger partial charge in [0.25, 0.3) is 0 Å². The molecule has 1 aliphatic rings. The van der Waals surface area contributed by atoms with Gasteiger partial charge < -0.3 is 0 Å². The lowest BCUT2D eigenvalue weighted by Crippen LogP contribution is -1.90. The summed E-state index contributed by atoms with van der Waals surface area (Å²) < 4.78 is 0. The van der Waals surface area contributed by atoms with E-state index < -0.39 is 0 Å². The van der Waals surface area contributed by atoms with Gasteiger partial charge in [-0.1, -0.05) is 0 Å². The molecule has 2 rings (SSSR count). The molecule has 0 amide bonds. The van der Waals surface area contributed by atoms with Crippen molar-refractivity contribution in [1.29, 1.82) is 0 Å². The van der Waals surface area contributed by atoms with Crippen molar-refractivity contribution in [3.8, 4) is 0 Å². The third-order valence-corrected chi connectivity index (χ3v) is 3.01. The molecule has 0 nitrogen and oxygen atoms in total. The highest BCUT2D eigenvalue weighted by atomic mass is 35.5. The zero-order chi connectivity index (χ0) is 6.32. The van der Waals surface area contributed by atoms with Crippen LogP contribution in [0, 0.1) is 0 Å². The summed E-state index contributed by atoms with van der Waals surface area (Å²) in [6, 6.07) is 2.12. The molecule has 0 unspecified atom stereocenters. The SMILES string of the molecule is ClC1(c2ccsc2)CC1. The summed E-state index contributed by atoms with van der Waals surface area (Å²) in [5, 5.41) is 4.22. The average Bonchev–Trinajstić information content (AvgIpc) is 2.46. The minimum Gasteiger partial charge on any atom is -0.152 e. The maximum Gasteiger partial charge on any atom is 0.0704 e. The number of alkyl halides is 1. The summed E-state index contributed by atoms with van der Waals surface area (Å²) in [7, 11) is 0. The van der Waals surface area contributed by atoms with Gasteiger partial charge in [0.1, 0.15) is 0 Å². The molecular weight excluding hydrogens is 152 g/mol. The van der Waals surface area contributed by atoms with E-state index in [0.29, 0.717) is 0 Å². The molecular formula is C7H7ClS. The Balaban J connectivity index is 2.34. The van der Waals surface area contributed by atoms with Crippen LogP contribution in [0.5, 0.6) is 0 Å². The minimum atomic E-state index is 0.0556. The lowest BCUT2D eigenvalue weighted by atomic mass is 10.2. The zero-order valence-corrected chi connectivity index (χ0v) is 6.50. The highest BCUT2D eigenvalue weighted by molar-refractivity contribution is 7.08. The van der Waals surface area contributed by atoms with Crippen molar-refractivity contribution in [2.45, 2.75) is 17.7 Å². The average molecular weight is 159 g/mol. The van der Waals surface area contributed by atoms with Gasteiger partial charge in [0.15, 0.2) is 0 Å². The van der Waals surface area contributed by atoms with E-state index in [9.17, 15) is 0 Å². The van der Waals surface area contributed by atoms with Crippen LogP contribution in [0.2, 0.25) is 0 Å². The molecule has 0 atom stereocenters. The van der Waals surface area contributed by atoms with Crippen LogP contribution in [0.4, 0.5) is 0 Å². The van der Waals surface area contributed by atoms with Gasteiger partial charge in [-0.2, -0.15) is 11.3 Å². The standard InChI is InChI=1S/C7H7ClS/c8-7(2-3-7)6-1-4-9-5-6/h1,4-5H,2-3H2. The number of thiophene rings is 1. The van der Waals surface area contributed by atoms with E-state index in [-0.39, 0.29) is 4.87 Å². The van der Waals surface area contributed by atoms with Crippen LogP contribution < -0.4 is 0 Å². The van der Waals surface area contributed by atoms with Gasteiger partial charge in [-0.3, -0.25) is 0 Å². The lowest BCUT2D eigenvalue weighted by Gasteiger charge is -1.98. The van der Waals surface area contributed by atoms with Crippen LogP contribution in [0.25, 0.3) is 0 Å². The Hall–Kier alpha value is -0.0100. The highest BCUT2D eigenvalue weighted by Gasteiger charge is 2.42. The third kappa shape index (κ3) is 0.886.